The van der Waals surface area contributed by atoms with Gasteiger partial charge in [0.15, 0.2) is 6.61 Å². The minimum absolute atomic E-state index is 0.136. The zero-order valence-corrected chi connectivity index (χ0v) is 15.9. The number of hydrogen-bond donors (Lipinski definition) is 2. The van der Waals surface area contributed by atoms with Crippen LogP contribution < -0.4 is 10.2 Å². The smallest absolute Gasteiger partial charge is 0.277 e. The van der Waals surface area contributed by atoms with E-state index in [2.05, 4.69) is 26.5 Å². The minimum atomic E-state index is -0.384. The van der Waals surface area contributed by atoms with Gasteiger partial charge in [-0.3, -0.25) is 4.79 Å². The summed E-state index contributed by atoms with van der Waals surface area (Å²) in [7, 11) is 0. The molecule has 0 bridgehead atoms. The molecule has 3 rings (SSSR count). The van der Waals surface area contributed by atoms with Gasteiger partial charge in [-0.05, 0) is 56.9 Å². The number of halogens is 1. The number of amides is 1. The maximum Gasteiger partial charge on any atom is 0.277 e. The molecular formula is C21H17BrN2O3. The lowest BCUT2D eigenvalue weighted by Crippen LogP contribution is -2.24. The first-order chi connectivity index (χ1) is 13.1. The number of carbonyl (C=O) groups is 1. The zero-order chi connectivity index (χ0) is 19.1. The second-order valence-corrected chi connectivity index (χ2v) is 6.54. The van der Waals surface area contributed by atoms with Gasteiger partial charge in [-0.1, -0.05) is 48.5 Å². The number of rotatable bonds is 6. The van der Waals surface area contributed by atoms with Crippen molar-refractivity contribution >= 4 is 28.1 Å². The molecule has 0 aliphatic carbocycles. The average Bonchev–Trinajstić information content (AvgIpc) is 2.68. The molecule has 0 aliphatic heterocycles. The highest BCUT2D eigenvalue weighted by atomic mass is 79.9. The number of hydrazone groups is 1. The Kier molecular flexibility index (Phi) is 6.22. The molecule has 3 aromatic rings. The fraction of sp³-hybridized carbons (Fsp3) is 0.0476. The van der Waals surface area contributed by atoms with Crippen LogP contribution >= 0.6 is 15.9 Å². The normalized spacial score (nSPS) is 10.7. The van der Waals surface area contributed by atoms with Crippen molar-refractivity contribution in [1.29, 1.82) is 0 Å². The van der Waals surface area contributed by atoms with Crippen molar-refractivity contribution in [3.05, 3.63) is 82.8 Å². The quantitative estimate of drug-likeness (QED) is 0.456. The molecule has 0 atom stereocenters. The first-order valence-corrected chi connectivity index (χ1v) is 9.00. The Labute approximate surface area is 165 Å². The van der Waals surface area contributed by atoms with Crippen molar-refractivity contribution in [3.63, 3.8) is 0 Å². The molecule has 0 unspecified atom stereocenters. The Morgan fingerprint density at radius 2 is 1.85 bits per heavy atom. The van der Waals surface area contributed by atoms with E-state index in [1.54, 1.807) is 18.2 Å². The predicted molar refractivity (Wildman–Crippen MR) is 109 cm³/mol. The number of nitrogens with zero attached hydrogens (tertiary/aromatic N) is 1. The molecular weight excluding hydrogens is 408 g/mol. The first kappa shape index (κ1) is 18.7. The highest BCUT2D eigenvalue weighted by Crippen LogP contribution is 2.30. The number of phenols is 1. The van der Waals surface area contributed by atoms with E-state index in [4.69, 9.17) is 4.74 Å². The number of ether oxygens (including phenoxy) is 1. The third-order valence-electron chi connectivity index (χ3n) is 3.67. The summed E-state index contributed by atoms with van der Waals surface area (Å²) in [6.07, 6.45) is 1.45. The monoisotopic (exact) mass is 424 g/mol. The van der Waals surface area contributed by atoms with Crippen LogP contribution in [0.15, 0.2) is 82.4 Å². The van der Waals surface area contributed by atoms with E-state index in [1.165, 1.54) is 12.3 Å². The van der Waals surface area contributed by atoms with Gasteiger partial charge in [-0.2, -0.15) is 5.10 Å². The summed E-state index contributed by atoms with van der Waals surface area (Å²) in [6.45, 7) is -0.166. The van der Waals surface area contributed by atoms with Gasteiger partial charge in [-0.25, -0.2) is 5.43 Å². The minimum Gasteiger partial charge on any atom is -0.508 e. The number of aromatic hydroxyl groups is 1. The van der Waals surface area contributed by atoms with Crippen LogP contribution in [0.2, 0.25) is 0 Å². The maximum absolute atomic E-state index is 11.9. The highest BCUT2D eigenvalue weighted by Gasteiger charge is 2.07. The molecule has 0 spiro atoms. The molecule has 1 amide bonds. The van der Waals surface area contributed by atoms with Crippen LogP contribution in [-0.4, -0.2) is 23.8 Å². The van der Waals surface area contributed by atoms with Crippen molar-refractivity contribution in [2.75, 3.05) is 6.61 Å². The van der Waals surface area contributed by atoms with Gasteiger partial charge in [0, 0.05) is 0 Å². The van der Waals surface area contributed by atoms with E-state index in [-0.39, 0.29) is 18.3 Å². The first-order valence-electron chi connectivity index (χ1n) is 8.20. The van der Waals surface area contributed by atoms with Crippen LogP contribution in [0.3, 0.4) is 0 Å². The standard InChI is InChI=1S/C21H17BrN2O3/c22-19-12-17(16-6-2-1-3-7-16)9-10-20(19)27-14-21(26)24-23-13-15-5-4-8-18(25)11-15/h1-13,25H,14H2,(H,24,26)/b23-13+. The molecule has 0 radical (unpaired) electrons. The molecule has 5 nitrogen and oxygen atoms in total. The third-order valence-corrected chi connectivity index (χ3v) is 4.29. The predicted octanol–water partition coefficient (Wildman–Crippen LogP) is 4.35. The summed E-state index contributed by atoms with van der Waals surface area (Å²) in [6, 6.07) is 22.2. The average molecular weight is 425 g/mol. The fourth-order valence-corrected chi connectivity index (χ4v) is 2.88. The zero-order valence-electron chi connectivity index (χ0n) is 14.3. The van der Waals surface area contributed by atoms with Crippen LogP contribution in [0, 0.1) is 0 Å². The Morgan fingerprint density at radius 1 is 1.04 bits per heavy atom. The number of benzene rings is 3. The van der Waals surface area contributed by atoms with E-state index < -0.39 is 0 Å². The van der Waals surface area contributed by atoms with Crippen molar-refractivity contribution in [3.8, 4) is 22.6 Å². The van der Waals surface area contributed by atoms with Crippen LogP contribution in [-0.2, 0) is 4.79 Å². The van der Waals surface area contributed by atoms with E-state index in [9.17, 15) is 9.90 Å². The van der Waals surface area contributed by atoms with E-state index >= 15 is 0 Å². The third kappa shape index (κ3) is 5.43. The van der Waals surface area contributed by atoms with Crippen molar-refractivity contribution in [2.24, 2.45) is 5.10 Å². The summed E-state index contributed by atoms with van der Waals surface area (Å²) in [5, 5.41) is 13.2. The Morgan fingerprint density at radius 3 is 2.59 bits per heavy atom. The molecule has 2 N–H and O–H groups in total. The molecule has 0 aromatic heterocycles. The van der Waals surface area contributed by atoms with Gasteiger partial charge in [-0.15, -0.1) is 0 Å². The van der Waals surface area contributed by atoms with Gasteiger partial charge in [0.1, 0.15) is 11.5 Å². The van der Waals surface area contributed by atoms with Crippen molar-refractivity contribution in [2.45, 2.75) is 0 Å². The molecule has 0 heterocycles. The van der Waals surface area contributed by atoms with Crippen molar-refractivity contribution < 1.29 is 14.6 Å². The molecule has 136 valence electrons. The Hall–Kier alpha value is -3.12. The molecule has 0 saturated carbocycles. The van der Waals surface area contributed by atoms with Gasteiger partial charge in [0.2, 0.25) is 0 Å². The molecule has 27 heavy (non-hydrogen) atoms. The van der Waals surface area contributed by atoms with Gasteiger partial charge in [0.05, 0.1) is 10.7 Å². The van der Waals surface area contributed by atoms with Crippen LogP contribution in [0.4, 0.5) is 0 Å². The van der Waals surface area contributed by atoms with Crippen LogP contribution in [0.5, 0.6) is 11.5 Å². The summed E-state index contributed by atoms with van der Waals surface area (Å²) in [5.74, 6) is 0.324. The number of phenolic OH excluding ortho intramolecular Hbond substituents is 1. The van der Waals surface area contributed by atoms with E-state index in [0.717, 1.165) is 15.6 Å². The summed E-state index contributed by atoms with van der Waals surface area (Å²) < 4.78 is 6.30. The van der Waals surface area contributed by atoms with Crippen LogP contribution in [0.1, 0.15) is 5.56 Å². The molecule has 3 aromatic carbocycles. The maximum atomic E-state index is 11.9. The molecule has 0 saturated heterocycles. The summed E-state index contributed by atoms with van der Waals surface area (Å²) in [4.78, 5) is 11.9. The SMILES string of the molecule is O=C(COc1ccc(-c2ccccc2)cc1Br)N/N=C/c1cccc(O)c1. The summed E-state index contributed by atoms with van der Waals surface area (Å²) >= 11 is 3.47. The topological polar surface area (TPSA) is 70.9 Å². The fourth-order valence-electron chi connectivity index (χ4n) is 2.39. The van der Waals surface area contributed by atoms with E-state index in [0.29, 0.717) is 11.3 Å². The summed E-state index contributed by atoms with van der Waals surface area (Å²) in [5.41, 5.74) is 5.21. The van der Waals surface area contributed by atoms with Crippen molar-refractivity contribution in [1.82, 2.24) is 5.43 Å². The number of nitrogens with one attached hydrogen (secondary N) is 1. The van der Waals surface area contributed by atoms with Gasteiger partial charge >= 0.3 is 0 Å². The highest BCUT2D eigenvalue weighted by molar-refractivity contribution is 9.10. The number of hydrogen-bond acceptors (Lipinski definition) is 4. The lowest BCUT2D eigenvalue weighted by atomic mass is 10.1. The lowest BCUT2D eigenvalue weighted by Gasteiger charge is -2.09. The Bertz CT molecular complexity index is 959. The Balaban J connectivity index is 1.54. The van der Waals surface area contributed by atoms with Crippen LogP contribution in [0.25, 0.3) is 11.1 Å². The molecule has 0 fully saturated rings. The largest absolute Gasteiger partial charge is 0.508 e. The number of carbonyl (C=O) groups excluding carboxylic acids is 1. The van der Waals surface area contributed by atoms with Gasteiger partial charge in [0.25, 0.3) is 5.91 Å². The second kappa shape index (κ2) is 9.00. The van der Waals surface area contributed by atoms with E-state index in [1.807, 2.05) is 48.5 Å². The molecule has 0 aliphatic rings. The second-order valence-electron chi connectivity index (χ2n) is 5.69. The molecule has 6 heteroatoms. The lowest BCUT2D eigenvalue weighted by molar-refractivity contribution is -0.123. The van der Waals surface area contributed by atoms with Gasteiger partial charge < -0.3 is 9.84 Å².